The van der Waals surface area contributed by atoms with E-state index in [4.69, 9.17) is 11.2 Å². The fourth-order valence-corrected chi connectivity index (χ4v) is 0.785. The van der Waals surface area contributed by atoms with Gasteiger partial charge in [-0.3, -0.25) is 4.79 Å². The van der Waals surface area contributed by atoms with E-state index in [1.165, 1.54) is 6.92 Å². The molecule has 0 aliphatic rings. The van der Waals surface area contributed by atoms with Crippen LogP contribution in [0.25, 0.3) is 0 Å². The van der Waals surface area contributed by atoms with Crippen LogP contribution in [0.4, 0.5) is 0 Å². The van der Waals surface area contributed by atoms with Gasteiger partial charge in [0.25, 0.3) is 0 Å². The van der Waals surface area contributed by atoms with Crippen LogP contribution in [0.5, 0.6) is 5.75 Å². The highest BCUT2D eigenvalue weighted by atomic mass is 16.5. The normalized spacial score (nSPS) is 8.67. The number of rotatable bonds is 1. The van der Waals surface area contributed by atoms with Crippen LogP contribution in [0.15, 0.2) is 24.3 Å². The molecule has 12 heavy (non-hydrogen) atoms. The van der Waals surface area contributed by atoms with Gasteiger partial charge in [0, 0.05) is 12.5 Å². The Bertz CT molecular complexity index is 317. The molecule has 0 aliphatic heterocycles. The van der Waals surface area contributed by atoms with E-state index >= 15 is 0 Å². The molecule has 0 spiro atoms. The van der Waals surface area contributed by atoms with Crippen LogP contribution in [0, 0.1) is 12.3 Å². The van der Waals surface area contributed by atoms with E-state index in [-0.39, 0.29) is 5.97 Å². The molecule has 60 valence electrons. The highest BCUT2D eigenvalue weighted by molar-refractivity contribution is 5.69. The van der Waals surface area contributed by atoms with E-state index in [2.05, 4.69) is 5.92 Å². The van der Waals surface area contributed by atoms with Gasteiger partial charge in [-0.05, 0) is 24.3 Å². The average molecular weight is 160 g/mol. The lowest BCUT2D eigenvalue weighted by Gasteiger charge is -1.99. The molecule has 0 atom stereocenters. The molecule has 2 nitrogen and oxygen atoms in total. The first-order valence-corrected chi connectivity index (χ1v) is 3.47. The summed E-state index contributed by atoms with van der Waals surface area (Å²) in [5, 5.41) is 0. The van der Waals surface area contributed by atoms with E-state index in [1.54, 1.807) is 24.3 Å². The van der Waals surface area contributed by atoms with E-state index < -0.39 is 0 Å². The number of carbonyl (C=O) groups excluding carboxylic acids is 1. The van der Waals surface area contributed by atoms with E-state index in [0.29, 0.717) is 5.75 Å². The third kappa shape index (κ3) is 2.14. The Balaban J connectivity index is 2.80. The molecule has 1 aromatic carbocycles. The lowest BCUT2D eigenvalue weighted by molar-refractivity contribution is -0.131. The molecular formula is C10H8O2. The Morgan fingerprint density at radius 1 is 1.42 bits per heavy atom. The zero-order valence-corrected chi connectivity index (χ0v) is 6.70. The third-order valence-electron chi connectivity index (χ3n) is 1.28. The second-order valence-corrected chi connectivity index (χ2v) is 2.26. The number of benzene rings is 1. The molecule has 0 saturated carbocycles. The molecule has 0 radical (unpaired) electrons. The van der Waals surface area contributed by atoms with Crippen molar-refractivity contribution in [1.29, 1.82) is 0 Å². The van der Waals surface area contributed by atoms with Gasteiger partial charge in [0.2, 0.25) is 0 Å². The predicted octanol–water partition coefficient (Wildman–Crippen LogP) is 1.59. The standard InChI is InChI=1S/C10H8O2/c1-3-9-4-6-10(7-5-9)12-8(2)11/h1,4-7H,2H3. The topological polar surface area (TPSA) is 26.3 Å². The summed E-state index contributed by atoms with van der Waals surface area (Å²) in [7, 11) is 0. The lowest BCUT2D eigenvalue weighted by atomic mass is 10.2. The third-order valence-corrected chi connectivity index (χ3v) is 1.28. The van der Waals surface area contributed by atoms with Gasteiger partial charge in [-0.15, -0.1) is 6.42 Å². The van der Waals surface area contributed by atoms with Crippen molar-refractivity contribution in [2.24, 2.45) is 0 Å². The summed E-state index contributed by atoms with van der Waals surface area (Å²) in [4.78, 5) is 10.5. The number of ether oxygens (including phenoxy) is 1. The van der Waals surface area contributed by atoms with Gasteiger partial charge in [-0.25, -0.2) is 0 Å². The maximum Gasteiger partial charge on any atom is 0.308 e. The minimum Gasteiger partial charge on any atom is -0.427 e. The Morgan fingerprint density at radius 3 is 2.42 bits per heavy atom. The molecule has 0 fully saturated rings. The summed E-state index contributed by atoms with van der Waals surface area (Å²) in [6.45, 7) is 1.36. The number of hydrogen-bond donors (Lipinski definition) is 0. The lowest BCUT2D eigenvalue weighted by Crippen LogP contribution is -2.00. The molecule has 2 heteroatoms. The van der Waals surface area contributed by atoms with Crippen LogP contribution < -0.4 is 4.74 Å². The molecule has 1 aromatic rings. The van der Waals surface area contributed by atoms with E-state index in [1.807, 2.05) is 0 Å². The maximum atomic E-state index is 10.5. The number of esters is 1. The minimum atomic E-state index is -0.330. The summed E-state index contributed by atoms with van der Waals surface area (Å²) in [6.07, 6.45) is 5.14. The summed E-state index contributed by atoms with van der Waals surface area (Å²) in [5.74, 6) is 2.65. The molecule has 0 bridgehead atoms. The van der Waals surface area contributed by atoms with Crippen LogP contribution in [0.3, 0.4) is 0 Å². The van der Waals surface area contributed by atoms with Crippen LogP contribution in [-0.4, -0.2) is 5.97 Å². The first-order chi connectivity index (χ1) is 5.72. The molecule has 0 N–H and O–H groups in total. The average Bonchev–Trinajstić information content (AvgIpc) is 2.05. The van der Waals surface area contributed by atoms with Crippen molar-refractivity contribution in [3.05, 3.63) is 29.8 Å². The monoisotopic (exact) mass is 160 g/mol. The second kappa shape index (κ2) is 3.59. The van der Waals surface area contributed by atoms with E-state index in [9.17, 15) is 4.79 Å². The first kappa shape index (κ1) is 8.35. The Labute approximate surface area is 71.2 Å². The summed E-state index contributed by atoms with van der Waals surface area (Å²) >= 11 is 0. The smallest absolute Gasteiger partial charge is 0.308 e. The molecular weight excluding hydrogens is 152 g/mol. The Morgan fingerprint density at radius 2 is 2.00 bits per heavy atom. The van der Waals surface area contributed by atoms with Gasteiger partial charge in [0.05, 0.1) is 0 Å². The number of carbonyl (C=O) groups is 1. The van der Waals surface area contributed by atoms with Gasteiger partial charge in [-0.1, -0.05) is 5.92 Å². The van der Waals surface area contributed by atoms with Crippen LogP contribution in [0.2, 0.25) is 0 Å². The SMILES string of the molecule is C#Cc1ccc(OC(C)=O)cc1. The van der Waals surface area contributed by atoms with Crippen molar-refractivity contribution in [2.75, 3.05) is 0 Å². The van der Waals surface area contributed by atoms with Crippen molar-refractivity contribution in [3.63, 3.8) is 0 Å². The molecule has 0 saturated heterocycles. The fourth-order valence-electron chi connectivity index (χ4n) is 0.785. The summed E-state index contributed by atoms with van der Waals surface area (Å²) in [6, 6.07) is 6.77. The minimum absolute atomic E-state index is 0.330. The molecule has 0 aliphatic carbocycles. The zero-order chi connectivity index (χ0) is 8.97. The van der Waals surface area contributed by atoms with Gasteiger partial charge in [0.15, 0.2) is 0 Å². The highest BCUT2D eigenvalue weighted by Gasteiger charge is 1.95. The summed E-state index contributed by atoms with van der Waals surface area (Å²) < 4.78 is 4.81. The predicted molar refractivity (Wildman–Crippen MR) is 45.7 cm³/mol. The fraction of sp³-hybridized carbons (Fsp3) is 0.100. The maximum absolute atomic E-state index is 10.5. The Kier molecular flexibility index (Phi) is 2.49. The number of hydrogen-bond acceptors (Lipinski definition) is 2. The van der Waals surface area contributed by atoms with Crippen LogP contribution in [-0.2, 0) is 4.79 Å². The molecule has 0 unspecified atom stereocenters. The first-order valence-electron chi connectivity index (χ1n) is 3.47. The molecule has 0 heterocycles. The quantitative estimate of drug-likeness (QED) is 0.354. The van der Waals surface area contributed by atoms with Crippen molar-refractivity contribution in [3.8, 4) is 18.1 Å². The van der Waals surface area contributed by atoms with Gasteiger partial charge < -0.3 is 4.74 Å². The van der Waals surface area contributed by atoms with Gasteiger partial charge in [-0.2, -0.15) is 0 Å². The molecule has 1 rings (SSSR count). The van der Waals surface area contributed by atoms with Crippen LogP contribution >= 0.6 is 0 Å². The Hall–Kier alpha value is -1.75. The molecule has 0 amide bonds. The zero-order valence-electron chi connectivity index (χ0n) is 6.70. The summed E-state index contributed by atoms with van der Waals surface area (Å²) in [5.41, 5.74) is 0.769. The van der Waals surface area contributed by atoms with Crippen molar-refractivity contribution < 1.29 is 9.53 Å². The largest absolute Gasteiger partial charge is 0.427 e. The van der Waals surface area contributed by atoms with Gasteiger partial charge >= 0.3 is 5.97 Å². The van der Waals surface area contributed by atoms with E-state index in [0.717, 1.165) is 5.56 Å². The van der Waals surface area contributed by atoms with Crippen LogP contribution in [0.1, 0.15) is 12.5 Å². The van der Waals surface area contributed by atoms with Crippen molar-refractivity contribution in [1.82, 2.24) is 0 Å². The second-order valence-electron chi connectivity index (χ2n) is 2.26. The number of terminal acetylenes is 1. The van der Waals surface area contributed by atoms with Crippen molar-refractivity contribution in [2.45, 2.75) is 6.92 Å². The molecule has 0 aromatic heterocycles. The van der Waals surface area contributed by atoms with Gasteiger partial charge in [0.1, 0.15) is 5.75 Å². The van der Waals surface area contributed by atoms with Crippen molar-refractivity contribution >= 4 is 5.97 Å². The highest BCUT2D eigenvalue weighted by Crippen LogP contribution is 2.11.